The fourth-order valence-electron chi connectivity index (χ4n) is 2.09. The molecule has 0 bridgehead atoms. The van der Waals surface area contributed by atoms with Crippen molar-refractivity contribution >= 4 is 11.6 Å². The lowest BCUT2D eigenvalue weighted by Gasteiger charge is -2.22. The molecular weight excluding hydrogens is 301 g/mol. The Morgan fingerprint density at radius 2 is 1.86 bits per heavy atom. The molecule has 0 unspecified atom stereocenters. The van der Waals surface area contributed by atoms with Crippen molar-refractivity contribution in [1.29, 1.82) is 0 Å². The highest BCUT2D eigenvalue weighted by Gasteiger charge is 2.30. The van der Waals surface area contributed by atoms with Gasteiger partial charge in [0.15, 0.2) is 0 Å². The van der Waals surface area contributed by atoms with Gasteiger partial charge in [0.25, 0.3) is 0 Å². The van der Waals surface area contributed by atoms with Crippen LogP contribution in [0.1, 0.15) is 12.8 Å². The van der Waals surface area contributed by atoms with E-state index in [-0.39, 0.29) is 24.4 Å². The number of piperidine rings is 1. The highest BCUT2D eigenvalue weighted by Crippen LogP contribution is 2.23. The van der Waals surface area contributed by atoms with Gasteiger partial charge in [0.05, 0.1) is 6.10 Å². The number of carbonyl (C=O) groups excluding carboxylic acids is 1. The van der Waals surface area contributed by atoms with E-state index in [2.05, 4.69) is 15.4 Å². The Labute approximate surface area is 125 Å². The van der Waals surface area contributed by atoms with Gasteiger partial charge in [-0.3, -0.25) is 4.79 Å². The molecule has 0 saturated carbocycles. The van der Waals surface area contributed by atoms with Crippen molar-refractivity contribution in [3.05, 3.63) is 24.3 Å². The van der Waals surface area contributed by atoms with Crippen LogP contribution in [0.15, 0.2) is 24.3 Å². The van der Waals surface area contributed by atoms with Crippen molar-refractivity contribution in [2.24, 2.45) is 0 Å². The number of hydrogen-bond donors (Lipinski definition) is 2. The lowest BCUT2D eigenvalue weighted by atomic mass is 10.1. The minimum Gasteiger partial charge on any atom is -0.406 e. The predicted molar refractivity (Wildman–Crippen MR) is 73.6 cm³/mol. The molecule has 1 saturated heterocycles. The monoisotopic (exact) mass is 318 g/mol. The highest BCUT2D eigenvalue weighted by molar-refractivity contribution is 5.91. The van der Waals surface area contributed by atoms with E-state index >= 15 is 0 Å². The summed E-state index contributed by atoms with van der Waals surface area (Å²) in [5, 5.41) is 5.75. The zero-order valence-electron chi connectivity index (χ0n) is 11.8. The van der Waals surface area contributed by atoms with Crippen LogP contribution in [-0.4, -0.2) is 38.1 Å². The standard InChI is InChI=1S/C14H17F3N2O3/c15-14(16,17)22-12-3-1-10(2-4-12)19-13(20)9-21-11-5-7-18-8-6-11/h1-4,11,18H,5-9H2,(H,19,20). The van der Waals surface area contributed by atoms with Crippen LogP contribution < -0.4 is 15.4 Å². The highest BCUT2D eigenvalue weighted by atomic mass is 19.4. The predicted octanol–water partition coefficient (Wildman–Crippen LogP) is 2.29. The Bertz CT molecular complexity index is 485. The third-order valence-corrected chi connectivity index (χ3v) is 3.11. The van der Waals surface area contributed by atoms with Gasteiger partial charge in [0, 0.05) is 5.69 Å². The smallest absolute Gasteiger partial charge is 0.406 e. The second-order valence-electron chi connectivity index (χ2n) is 4.88. The molecule has 0 radical (unpaired) electrons. The molecule has 1 heterocycles. The fraction of sp³-hybridized carbons (Fsp3) is 0.500. The van der Waals surface area contributed by atoms with Gasteiger partial charge in [-0.2, -0.15) is 0 Å². The number of carbonyl (C=O) groups is 1. The van der Waals surface area contributed by atoms with Crippen LogP contribution in [0.25, 0.3) is 0 Å². The van der Waals surface area contributed by atoms with Gasteiger partial charge in [0.2, 0.25) is 5.91 Å². The SMILES string of the molecule is O=C(COC1CCNCC1)Nc1ccc(OC(F)(F)F)cc1. The van der Waals surface area contributed by atoms with Crippen molar-refractivity contribution in [3.63, 3.8) is 0 Å². The van der Waals surface area contributed by atoms with Crippen LogP contribution in [0.4, 0.5) is 18.9 Å². The maximum absolute atomic E-state index is 12.0. The van der Waals surface area contributed by atoms with E-state index in [1.807, 2.05) is 0 Å². The molecule has 1 fully saturated rings. The van der Waals surface area contributed by atoms with Gasteiger partial charge in [-0.05, 0) is 50.2 Å². The van der Waals surface area contributed by atoms with E-state index < -0.39 is 6.36 Å². The minimum atomic E-state index is -4.73. The molecule has 22 heavy (non-hydrogen) atoms. The van der Waals surface area contributed by atoms with E-state index in [0.29, 0.717) is 5.69 Å². The molecule has 1 aliphatic rings. The number of hydrogen-bond acceptors (Lipinski definition) is 4. The zero-order chi connectivity index (χ0) is 16.0. The summed E-state index contributed by atoms with van der Waals surface area (Å²) in [6.45, 7) is 1.66. The van der Waals surface area contributed by atoms with Crippen molar-refractivity contribution < 1.29 is 27.4 Å². The third-order valence-electron chi connectivity index (χ3n) is 3.11. The molecule has 8 heteroatoms. The zero-order valence-corrected chi connectivity index (χ0v) is 11.8. The molecule has 1 aromatic carbocycles. The van der Waals surface area contributed by atoms with Crippen LogP contribution in [0, 0.1) is 0 Å². The minimum absolute atomic E-state index is 0.0644. The van der Waals surface area contributed by atoms with E-state index in [4.69, 9.17) is 4.74 Å². The summed E-state index contributed by atoms with van der Waals surface area (Å²) in [6, 6.07) is 4.94. The Kier molecular flexibility index (Phi) is 5.62. The van der Waals surface area contributed by atoms with E-state index in [1.165, 1.54) is 12.1 Å². The summed E-state index contributed by atoms with van der Waals surface area (Å²) in [7, 11) is 0. The van der Waals surface area contributed by atoms with Crippen LogP contribution in [0.3, 0.4) is 0 Å². The largest absolute Gasteiger partial charge is 0.573 e. The van der Waals surface area contributed by atoms with Crippen molar-refractivity contribution in [1.82, 2.24) is 5.32 Å². The second-order valence-corrected chi connectivity index (χ2v) is 4.88. The first-order valence-electron chi connectivity index (χ1n) is 6.90. The molecule has 1 aliphatic heterocycles. The molecule has 0 spiro atoms. The van der Waals surface area contributed by atoms with Gasteiger partial charge in [0.1, 0.15) is 12.4 Å². The van der Waals surface area contributed by atoms with Crippen LogP contribution in [0.2, 0.25) is 0 Å². The van der Waals surface area contributed by atoms with Crippen molar-refractivity contribution in [2.45, 2.75) is 25.3 Å². The molecule has 1 aromatic rings. The van der Waals surface area contributed by atoms with Crippen LogP contribution in [0.5, 0.6) is 5.75 Å². The van der Waals surface area contributed by atoms with Gasteiger partial charge in [-0.1, -0.05) is 0 Å². The van der Waals surface area contributed by atoms with Gasteiger partial charge >= 0.3 is 6.36 Å². The summed E-state index contributed by atoms with van der Waals surface area (Å²) in [5.41, 5.74) is 0.383. The molecule has 0 aliphatic carbocycles. The average Bonchev–Trinajstić information content (AvgIpc) is 2.47. The Morgan fingerprint density at radius 3 is 2.45 bits per heavy atom. The van der Waals surface area contributed by atoms with Gasteiger partial charge < -0.3 is 20.1 Å². The van der Waals surface area contributed by atoms with Crippen molar-refractivity contribution in [3.8, 4) is 5.75 Å². The Hall–Kier alpha value is -1.80. The summed E-state index contributed by atoms with van der Waals surface area (Å²) in [4.78, 5) is 11.7. The second kappa shape index (κ2) is 7.46. The maximum Gasteiger partial charge on any atom is 0.573 e. The van der Waals surface area contributed by atoms with E-state index in [0.717, 1.165) is 38.1 Å². The summed E-state index contributed by atoms with van der Waals surface area (Å²) in [6.07, 6.45) is -2.95. The normalized spacial score (nSPS) is 16.3. The first-order valence-corrected chi connectivity index (χ1v) is 6.90. The molecule has 0 atom stereocenters. The fourth-order valence-corrected chi connectivity index (χ4v) is 2.09. The molecule has 0 aromatic heterocycles. The lowest BCUT2D eigenvalue weighted by Crippen LogP contribution is -2.34. The molecule has 2 rings (SSSR count). The van der Waals surface area contributed by atoms with Crippen LogP contribution >= 0.6 is 0 Å². The van der Waals surface area contributed by atoms with E-state index in [9.17, 15) is 18.0 Å². The topological polar surface area (TPSA) is 59.6 Å². The maximum atomic E-state index is 12.0. The quantitative estimate of drug-likeness (QED) is 0.874. The van der Waals surface area contributed by atoms with Gasteiger partial charge in [-0.25, -0.2) is 0 Å². The number of halogens is 3. The molecular formula is C14H17F3N2O3. The number of amides is 1. The number of alkyl halides is 3. The number of ether oxygens (including phenoxy) is 2. The summed E-state index contributed by atoms with van der Waals surface area (Å²) in [5.74, 6) is -0.681. The van der Waals surface area contributed by atoms with E-state index in [1.54, 1.807) is 0 Å². The van der Waals surface area contributed by atoms with Crippen molar-refractivity contribution in [2.75, 3.05) is 25.0 Å². The first-order chi connectivity index (χ1) is 10.4. The number of benzene rings is 1. The number of anilines is 1. The molecule has 2 N–H and O–H groups in total. The van der Waals surface area contributed by atoms with Gasteiger partial charge in [-0.15, -0.1) is 13.2 Å². The lowest BCUT2D eigenvalue weighted by molar-refractivity contribution is -0.274. The number of nitrogens with one attached hydrogen (secondary N) is 2. The van der Waals surface area contributed by atoms with Crippen LogP contribution in [-0.2, 0) is 9.53 Å². The Balaban J connectivity index is 1.76. The average molecular weight is 318 g/mol. The molecule has 1 amide bonds. The molecule has 122 valence electrons. The first kappa shape index (κ1) is 16.6. The summed E-state index contributed by atoms with van der Waals surface area (Å²) < 4.78 is 45.3. The number of rotatable bonds is 5. The summed E-state index contributed by atoms with van der Waals surface area (Å²) >= 11 is 0. The molecule has 5 nitrogen and oxygen atoms in total. The third kappa shape index (κ3) is 5.90. The Morgan fingerprint density at radius 1 is 1.23 bits per heavy atom.